The summed E-state index contributed by atoms with van der Waals surface area (Å²) >= 11 is 0. The van der Waals surface area contributed by atoms with Crippen LogP contribution in [0.2, 0.25) is 0 Å². The molecule has 1 heterocycles. The largest absolute Gasteiger partial charge is 0.497 e. The van der Waals surface area contributed by atoms with Crippen molar-refractivity contribution >= 4 is 0 Å². The number of hydrogen-bond donors (Lipinski definition) is 1. The van der Waals surface area contributed by atoms with Gasteiger partial charge in [0.25, 0.3) is 0 Å². The molecule has 0 spiro atoms. The molecule has 2 rings (SSSR count). The van der Waals surface area contributed by atoms with Gasteiger partial charge in [-0.3, -0.25) is 0 Å². The van der Waals surface area contributed by atoms with Gasteiger partial charge < -0.3 is 15.0 Å². The number of rotatable bonds is 5. The highest BCUT2D eigenvalue weighted by Gasteiger charge is 1.98. The molecule has 0 saturated carbocycles. The molecule has 1 aromatic carbocycles. The van der Waals surface area contributed by atoms with Gasteiger partial charge in [0.05, 0.1) is 7.11 Å². The molecule has 0 unspecified atom stereocenters. The van der Waals surface area contributed by atoms with E-state index in [0.717, 1.165) is 18.7 Å². The third kappa shape index (κ3) is 3.11. The summed E-state index contributed by atoms with van der Waals surface area (Å²) in [7, 11) is 1.68. The fourth-order valence-electron chi connectivity index (χ4n) is 1.85. The van der Waals surface area contributed by atoms with Gasteiger partial charge in [-0.1, -0.05) is 12.1 Å². The van der Waals surface area contributed by atoms with E-state index in [1.807, 2.05) is 12.1 Å². The van der Waals surface area contributed by atoms with Crippen LogP contribution in [0.5, 0.6) is 5.75 Å². The van der Waals surface area contributed by atoms with E-state index in [2.05, 4.69) is 35.2 Å². The van der Waals surface area contributed by atoms with Crippen LogP contribution in [-0.4, -0.2) is 18.2 Å². The molecular formula is C14H18N2O. The lowest BCUT2D eigenvalue weighted by atomic mass is 10.2. The van der Waals surface area contributed by atoms with Crippen molar-refractivity contribution in [1.29, 1.82) is 0 Å². The van der Waals surface area contributed by atoms with E-state index in [1.165, 1.54) is 11.1 Å². The predicted molar refractivity (Wildman–Crippen MR) is 69.3 cm³/mol. The Morgan fingerprint density at radius 1 is 1.12 bits per heavy atom. The monoisotopic (exact) mass is 230 g/mol. The van der Waals surface area contributed by atoms with Crippen molar-refractivity contribution in [3.8, 4) is 5.75 Å². The van der Waals surface area contributed by atoms with E-state index in [4.69, 9.17) is 10.5 Å². The summed E-state index contributed by atoms with van der Waals surface area (Å²) in [5.41, 5.74) is 8.09. The summed E-state index contributed by atoms with van der Waals surface area (Å²) < 4.78 is 7.31. The van der Waals surface area contributed by atoms with Crippen LogP contribution in [0.25, 0.3) is 0 Å². The Bertz CT molecular complexity index is 459. The molecule has 0 amide bonds. The second-order valence-corrected chi connectivity index (χ2v) is 4.08. The molecule has 0 radical (unpaired) electrons. The highest BCUT2D eigenvalue weighted by atomic mass is 16.5. The lowest BCUT2D eigenvalue weighted by molar-refractivity contribution is 0.414. The van der Waals surface area contributed by atoms with Crippen LogP contribution in [0.15, 0.2) is 42.7 Å². The maximum absolute atomic E-state index is 5.53. The average Bonchev–Trinajstić information content (AvgIpc) is 2.78. The minimum absolute atomic E-state index is 0.701. The van der Waals surface area contributed by atoms with E-state index >= 15 is 0 Å². The first-order valence-corrected chi connectivity index (χ1v) is 5.79. The second-order valence-electron chi connectivity index (χ2n) is 4.08. The van der Waals surface area contributed by atoms with Crippen molar-refractivity contribution in [3.05, 3.63) is 53.9 Å². The number of methoxy groups -OCH3 is 1. The Morgan fingerprint density at radius 2 is 1.88 bits per heavy atom. The van der Waals surface area contributed by atoms with Gasteiger partial charge in [0, 0.05) is 18.9 Å². The van der Waals surface area contributed by atoms with Gasteiger partial charge in [0.1, 0.15) is 5.75 Å². The zero-order chi connectivity index (χ0) is 12.1. The van der Waals surface area contributed by atoms with Crippen LogP contribution in [-0.2, 0) is 13.0 Å². The fourth-order valence-corrected chi connectivity index (χ4v) is 1.85. The normalized spacial score (nSPS) is 10.5. The average molecular weight is 230 g/mol. The SMILES string of the molecule is COc1ccc(Cn2ccc(CCN)c2)cc1. The molecule has 0 aliphatic rings. The van der Waals surface area contributed by atoms with E-state index in [9.17, 15) is 0 Å². The van der Waals surface area contributed by atoms with Gasteiger partial charge in [0.2, 0.25) is 0 Å². The van der Waals surface area contributed by atoms with Crippen LogP contribution < -0.4 is 10.5 Å². The number of ether oxygens (including phenoxy) is 1. The van der Waals surface area contributed by atoms with Crippen LogP contribution >= 0.6 is 0 Å². The van der Waals surface area contributed by atoms with Crippen molar-refractivity contribution in [2.75, 3.05) is 13.7 Å². The molecule has 3 heteroatoms. The zero-order valence-electron chi connectivity index (χ0n) is 10.1. The highest BCUT2D eigenvalue weighted by Crippen LogP contribution is 2.13. The third-order valence-electron chi connectivity index (χ3n) is 2.77. The Hall–Kier alpha value is -1.74. The lowest BCUT2D eigenvalue weighted by Crippen LogP contribution is -2.02. The van der Waals surface area contributed by atoms with Gasteiger partial charge in [-0.2, -0.15) is 0 Å². The molecule has 0 atom stereocenters. The molecule has 3 nitrogen and oxygen atoms in total. The van der Waals surface area contributed by atoms with Crippen molar-refractivity contribution in [1.82, 2.24) is 4.57 Å². The molecule has 2 N–H and O–H groups in total. The first-order valence-electron chi connectivity index (χ1n) is 5.79. The number of hydrogen-bond acceptors (Lipinski definition) is 2. The Labute approximate surface area is 102 Å². The Balaban J connectivity index is 2.03. The summed E-state index contributed by atoms with van der Waals surface area (Å²) in [5, 5.41) is 0. The number of aromatic nitrogens is 1. The quantitative estimate of drug-likeness (QED) is 0.854. The summed E-state index contributed by atoms with van der Waals surface area (Å²) in [6.07, 6.45) is 5.18. The van der Waals surface area contributed by atoms with Gasteiger partial charge >= 0.3 is 0 Å². The molecular weight excluding hydrogens is 212 g/mol. The molecule has 17 heavy (non-hydrogen) atoms. The van der Waals surface area contributed by atoms with Gasteiger partial charge in [-0.05, 0) is 42.3 Å². The van der Waals surface area contributed by atoms with Crippen LogP contribution in [0.4, 0.5) is 0 Å². The first kappa shape index (κ1) is 11.7. The maximum Gasteiger partial charge on any atom is 0.118 e. The van der Waals surface area contributed by atoms with Crippen molar-refractivity contribution in [2.24, 2.45) is 5.73 Å². The zero-order valence-corrected chi connectivity index (χ0v) is 10.1. The molecule has 2 aromatic rings. The molecule has 0 fully saturated rings. The second kappa shape index (κ2) is 5.55. The van der Waals surface area contributed by atoms with Gasteiger partial charge in [-0.25, -0.2) is 0 Å². The van der Waals surface area contributed by atoms with Crippen LogP contribution in [0, 0.1) is 0 Å². The lowest BCUT2D eigenvalue weighted by Gasteiger charge is -2.04. The van der Waals surface area contributed by atoms with E-state index in [1.54, 1.807) is 7.11 Å². The molecule has 0 aliphatic heterocycles. The Morgan fingerprint density at radius 3 is 2.53 bits per heavy atom. The van der Waals surface area contributed by atoms with Crippen molar-refractivity contribution < 1.29 is 4.74 Å². The van der Waals surface area contributed by atoms with Gasteiger partial charge in [0.15, 0.2) is 0 Å². The summed E-state index contributed by atoms with van der Waals surface area (Å²) in [4.78, 5) is 0. The van der Waals surface area contributed by atoms with Crippen LogP contribution in [0.1, 0.15) is 11.1 Å². The third-order valence-corrected chi connectivity index (χ3v) is 2.77. The predicted octanol–water partition coefficient (Wildman–Crippen LogP) is 2.05. The highest BCUT2D eigenvalue weighted by molar-refractivity contribution is 5.27. The van der Waals surface area contributed by atoms with Gasteiger partial charge in [-0.15, -0.1) is 0 Å². The first-order chi connectivity index (χ1) is 8.31. The van der Waals surface area contributed by atoms with Crippen LogP contribution in [0.3, 0.4) is 0 Å². The topological polar surface area (TPSA) is 40.2 Å². The molecule has 1 aromatic heterocycles. The molecule has 0 aliphatic carbocycles. The Kier molecular flexibility index (Phi) is 3.83. The van der Waals surface area contributed by atoms with Crippen molar-refractivity contribution in [3.63, 3.8) is 0 Å². The molecule has 90 valence electrons. The summed E-state index contributed by atoms with van der Waals surface area (Å²) in [6, 6.07) is 10.3. The summed E-state index contributed by atoms with van der Waals surface area (Å²) in [6.45, 7) is 1.58. The van der Waals surface area contributed by atoms with E-state index in [-0.39, 0.29) is 0 Å². The molecule has 0 bridgehead atoms. The van der Waals surface area contributed by atoms with E-state index < -0.39 is 0 Å². The minimum atomic E-state index is 0.701. The smallest absolute Gasteiger partial charge is 0.118 e. The number of nitrogens with two attached hydrogens (primary N) is 1. The standard InChI is InChI=1S/C14H18N2O/c1-17-14-4-2-12(3-5-14)10-16-9-7-13(11-16)6-8-15/h2-5,7,9,11H,6,8,10,15H2,1H3. The minimum Gasteiger partial charge on any atom is -0.497 e. The maximum atomic E-state index is 5.53. The fraction of sp³-hybridized carbons (Fsp3) is 0.286. The molecule has 0 saturated heterocycles. The number of nitrogens with zero attached hydrogens (tertiary/aromatic N) is 1. The summed E-state index contributed by atoms with van der Waals surface area (Å²) in [5.74, 6) is 0.894. The van der Waals surface area contributed by atoms with Crippen molar-refractivity contribution in [2.45, 2.75) is 13.0 Å². The van der Waals surface area contributed by atoms with E-state index in [0.29, 0.717) is 6.54 Å². The number of benzene rings is 1.